The van der Waals surface area contributed by atoms with Crippen molar-refractivity contribution in [2.24, 2.45) is 5.92 Å². The van der Waals surface area contributed by atoms with Crippen LogP contribution in [0, 0.1) is 11.7 Å². The molecule has 3 heterocycles. The second-order valence-corrected chi connectivity index (χ2v) is 10.6. The first-order valence-corrected chi connectivity index (χ1v) is 12.6. The van der Waals surface area contributed by atoms with Gasteiger partial charge in [-0.1, -0.05) is 20.8 Å². The van der Waals surface area contributed by atoms with Gasteiger partial charge in [0.25, 0.3) is 0 Å². The maximum atomic E-state index is 13.1. The number of fused-ring (bicyclic) bond motifs is 3. The van der Waals surface area contributed by atoms with Crippen LogP contribution in [0.1, 0.15) is 49.4 Å². The van der Waals surface area contributed by atoms with E-state index in [1.807, 2.05) is 16.2 Å². The molecule has 6 nitrogen and oxygen atoms in total. The summed E-state index contributed by atoms with van der Waals surface area (Å²) < 4.78 is 13.1. The molecule has 1 N–H and O–H groups in total. The number of anilines is 2. The summed E-state index contributed by atoms with van der Waals surface area (Å²) in [6.07, 6.45) is 3.43. The molecule has 0 radical (unpaired) electrons. The van der Waals surface area contributed by atoms with Gasteiger partial charge in [0.05, 0.1) is 5.39 Å². The average Bonchev–Trinajstić information content (AvgIpc) is 3.17. The molecule has 8 heteroatoms. The number of halogens is 1. The number of amides is 2. The summed E-state index contributed by atoms with van der Waals surface area (Å²) in [5.41, 5.74) is 2.04. The molecule has 0 spiro atoms. The lowest BCUT2D eigenvalue weighted by Crippen LogP contribution is -2.50. The molecule has 0 bridgehead atoms. The Balaban J connectivity index is 1.37. The molecule has 174 valence electrons. The van der Waals surface area contributed by atoms with Crippen LogP contribution in [-0.4, -0.2) is 47.1 Å². The molecule has 1 saturated heterocycles. The third-order valence-electron chi connectivity index (χ3n) is 6.63. The Morgan fingerprint density at radius 2 is 1.88 bits per heavy atom. The Morgan fingerprint density at radius 3 is 2.58 bits per heavy atom. The Hall–Kier alpha value is -2.74. The average molecular weight is 468 g/mol. The van der Waals surface area contributed by atoms with Crippen molar-refractivity contribution in [3.8, 4) is 0 Å². The van der Waals surface area contributed by atoms with Crippen molar-refractivity contribution in [3.05, 3.63) is 46.3 Å². The van der Waals surface area contributed by atoms with Gasteiger partial charge in [-0.25, -0.2) is 19.2 Å². The van der Waals surface area contributed by atoms with Crippen LogP contribution in [0.5, 0.6) is 0 Å². The third-order valence-corrected chi connectivity index (χ3v) is 7.78. The SMILES string of the molecule is CC(C)c1nc(N2CCN(C(=O)Nc3ccc(F)cc3)CC2)c2c3c(sc2n1)C[C@@H](C)CC3. The lowest BCUT2D eigenvalue weighted by molar-refractivity contribution is 0.208. The highest BCUT2D eigenvalue weighted by Gasteiger charge is 2.29. The molecule has 0 saturated carbocycles. The van der Waals surface area contributed by atoms with Crippen molar-refractivity contribution in [2.45, 2.75) is 46.0 Å². The second kappa shape index (κ2) is 8.89. The molecule has 1 aromatic carbocycles. The Bertz CT molecular complexity index is 1170. The van der Waals surface area contributed by atoms with E-state index in [0.717, 1.165) is 48.3 Å². The first-order chi connectivity index (χ1) is 15.9. The van der Waals surface area contributed by atoms with Gasteiger partial charge in [-0.05, 0) is 55.0 Å². The topological polar surface area (TPSA) is 61.4 Å². The molecule has 5 rings (SSSR count). The van der Waals surface area contributed by atoms with Gasteiger partial charge in [0.15, 0.2) is 0 Å². The maximum absolute atomic E-state index is 13.1. The van der Waals surface area contributed by atoms with Crippen molar-refractivity contribution >= 4 is 39.1 Å². The zero-order valence-corrected chi connectivity index (χ0v) is 20.2. The summed E-state index contributed by atoms with van der Waals surface area (Å²) in [7, 11) is 0. The molecule has 2 aliphatic rings. The zero-order chi connectivity index (χ0) is 23.1. The van der Waals surface area contributed by atoms with Crippen molar-refractivity contribution in [1.82, 2.24) is 14.9 Å². The fourth-order valence-corrected chi connectivity index (χ4v) is 6.07. The summed E-state index contributed by atoms with van der Waals surface area (Å²) in [5, 5.41) is 4.10. The Kier molecular flexibility index (Phi) is 5.95. The van der Waals surface area contributed by atoms with Gasteiger partial charge in [0.2, 0.25) is 0 Å². The van der Waals surface area contributed by atoms with Crippen LogP contribution in [0.25, 0.3) is 10.2 Å². The first kappa shape index (κ1) is 22.1. The van der Waals surface area contributed by atoms with E-state index in [-0.39, 0.29) is 17.8 Å². The highest BCUT2D eigenvalue weighted by Crippen LogP contribution is 2.41. The highest BCUT2D eigenvalue weighted by atomic mass is 32.1. The van der Waals surface area contributed by atoms with Gasteiger partial charge >= 0.3 is 6.03 Å². The van der Waals surface area contributed by atoms with Crippen molar-refractivity contribution in [1.29, 1.82) is 0 Å². The summed E-state index contributed by atoms with van der Waals surface area (Å²) in [5.74, 6) is 2.59. The molecule has 1 aliphatic heterocycles. The van der Waals surface area contributed by atoms with E-state index >= 15 is 0 Å². The summed E-state index contributed by atoms with van der Waals surface area (Å²) >= 11 is 1.84. The van der Waals surface area contributed by atoms with Crippen LogP contribution >= 0.6 is 11.3 Å². The predicted octanol–water partition coefficient (Wildman–Crippen LogP) is 5.43. The van der Waals surface area contributed by atoms with E-state index in [1.54, 1.807) is 12.1 Å². The van der Waals surface area contributed by atoms with Gasteiger partial charge in [-0.15, -0.1) is 11.3 Å². The maximum Gasteiger partial charge on any atom is 0.321 e. The molecule has 0 unspecified atom stereocenters. The number of hydrogen-bond acceptors (Lipinski definition) is 5. The smallest absolute Gasteiger partial charge is 0.321 e. The van der Waals surface area contributed by atoms with E-state index in [0.29, 0.717) is 18.8 Å². The number of thiophene rings is 1. The Morgan fingerprint density at radius 1 is 1.15 bits per heavy atom. The molecule has 2 aromatic heterocycles. The van der Waals surface area contributed by atoms with Gasteiger partial charge < -0.3 is 15.1 Å². The van der Waals surface area contributed by atoms with E-state index in [9.17, 15) is 9.18 Å². The molecule has 2 amide bonds. The number of hydrogen-bond donors (Lipinski definition) is 1. The molecule has 1 atom stereocenters. The van der Waals surface area contributed by atoms with Crippen molar-refractivity contribution in [2.75, 3.05) is 36.4 Å². The van der Waals surface area contributed by atoms with Crippen LogP contribution in [0.2, 0.25) is 0 Å². The minimum Gasteiger partial charge on any atom is -0.352 e. The van der Waals surface area contributed by atoms with Gasteiger partial charge in [-0.2, -0.15) is 0 Å². The van der Waals surface area contributed by atoms with Crippen LogP contribution in [0.15, 0.2) is 24.3 Å². The summed E-state index contributed by atoms with van der Waals surface area (Å²) in [6.45, 7) is 9.27. The molecular formula is C25H30FN5OS. The van der Waals surface area contributed by atoms with Crippen LogP contribution in [0.3, 0.4) is 0 Å². The lowest BCUT2D eigenvalue weighted by atomic mass is 9.89. The fourth-order valence-electron chi connectivity index (χ4n) is 4.68. The minimum atomic E-state index is -0.316. The first-order valence-electron chi connectivity index (χ1n) is 11.8. The van der Waals surface area contributed by atoms with Crippen molar-refractivity contribution < 1.29 is 9.18 Å². The number of aromatic nitrogens is 2. The van der Waals surface area contributed by atoms with Crippen LogP contribution in [0.4, 0.5) is 20.7 Å². The van der Waals surface area contributed by atoms with E-state index < -0.39 is 0 Å². The molecule has 1 aliphatic carbocycles. The normalized spacial score (nSPS) is 18.6. The number of nitrogens with zero attached hydrogens (tertiary/aromatic N) is 4. The third kappa shape index (κ3) is 4.40. The highest BCUT2D eigenvalue weighted by molar-refractivity contribution is 7.19. The number of carbonyl (C=O) groups excluding carboxylic acids is 1. The quantitative estimate of drug-likeness (QED) is 0.558. The number of rotatable bonds is 3. The largest absolute Gasteiger partial charge is 0.352 e. The standard InChI is InChI=1S/C25H30FN5OS/c1-15(2)22-28-23(21-19-9-4-16(3)14-20(19)33-24(21)29-22)30-10-12-31(13-11-30)25(32)27-18-7-5-17(26)6-8-18/h5-8,15-16H,4,9-14H2,1-3H3,(H,27,32)/t16-/m0/s1. The van der Waals surface area contributed by atoms with E-state index in [4.69, 9.17) is 9.97 Å². The summed E-state index contributed by atoms with van der Waals surface area (Å²) in [4.78, 5) is 29.4. The van der Waals surface area contributed by atoms with E-state index in [2.05, 4.69) is 31.0 Å². The molecule has 33 heavy (non-hydrogen) atoms. The summed E-state index contributed by atoms with van der Waals surface area (Å²) in [6, 6.07) is 5.70. The van der Waals surface area contributed by atoms with E-state index in [1.165, 1.54) is 34.4 Å². The number of piperazine rings is 1. The van der Waals surface area contributed by atoms with Crippen molar-refractivity contribution in [3.63, 3.8) is 0 Å². The zero-order valence-electron chi connectivity index (χ0n) is 19.4. The minimum absolute atomic E-state index is 0.154. The number of carbonyl (C=O) groups is 1. The molecular weight excluding hydrogens is 437 g/mol. The fraction of sp³-hybridized carbons (Fsp3) is 0.480. The lowest BCUT2D eigenvalue weighted by Gasteiger charge is -2.36. The monoisotopic (exact) mass is 467 g/mol. The number of urea groups is 1. The number of nitrogens with one attached hydrogen (secondary N) is 1. The molecule has 1 fully saturated rings. The van der Waals surface area contributed by atoms with Crippen LogP contribution in [-0.2, 0) is 12.8 Å². The van der Waals surface area contributed by atoms with Gasteiger partial charge in [0, 0.05) is 42.7 Å². The Labute approximate surface area is 197 Å². The van der Waals surface area contributed by atoms with Crippen LogP contribution < -0.4 is 10.2 Å². The molecule has 3 aromatic rings. The number of aryl methyl sites for hydroxylation is 1. The number of benzene rings is 1. The predicted molar refractivity (Wildman–Crippen MR) is 132 cm³/mol. The van der Waals surface area contributed by atoms with Gasteiger partial charge in [-0.3, -0.25) is 0 Å². The van der Waals surface area contributed by atoms with Gasteiger partial charge in [0.1, 0.15) is 22.3 Å². The second-order valence-electron chi connectivity index (χ2n) is 9.50.